The van der Waals surface area contributed by atoms with Crippen molar-refractivity contribution in [1.29, 1.82) is 0 Å². The monoisotopic (exact) mass is 729 g/mol. The van der Waals surface area contributed by atoms with Gasteiger partial charge in [0, 0.05) is 17.1 Å². The molecule has 280 valence electrons. The molecule has 2 aromatic rings. The molecule has 56 heavy (non-hydrogen) atoms. The van der Waals surface area contributed by atoms with Crippen LogP contribution in [0.4, 0.5) is 0 Å². The SMILES string of the molecule is C=C/C(=C(C)\C=C/C)N(C(=C)C1=CC=CCC1)C1=CC=C(C2=CC3=C(C=CC2)C2(C4=C3C=CCC4)C(/C=C\C)=c3c(cccc3=C)-c3ccccc32)CC(C)C1. The quantitative estimate of drug-likeness (QED) is 0.245. The van der Waals surface area contributed by atoms with Gasteiger partial charge in [0.05, 0.1) is 5.41 Å². The predicted octanol–water partition coefficient (Wildman–Crippen LogP) is 13.0. The highest BCUT2D eigenvalue weighted by atomic mass is 15.2. The lowest BCUT2D eigenvalue weighted by Crippen LogP contribution is -2.42. The highest BCUT2D eigenvalue weighted by Gasteiger charge is 2.51. The maximum Gasteiger partial charge on any atom is 0.0688 e. The maximum absolute atomic E-state index is 4.72. The third-order valence-corrected chi connectivity index (χ3v) is 12.5. The molecule has 2 aromatic carbocycles. The van der Waals surface area contributed by atoms with Crippen molar-refractivity contribution in [3.05, 3.63) is 224 Å². The van der Waals surface area contributed by atoms with Crippen molar-refractivity contribution in [1.82, 2.24) is 4.90 Å². The molecule has 2 atom stereocenters. The molecule has 1 heteroatoms. The molecule has 1 spiro atoms. The zero-order valence-corrected chi connectivity index (χ0v) is 33.8. The molecule has 1 nitrogen and oxygen atoms in total. The van der Waals surface area contributed by atoms with Crippen LogP contribution in [0.1, 0.15) is 78.2 Å². The second-order valence-corrected chi connectivity index (χ2v) is 16.1. The molecule has 2 unspecified atom stereocenters. The van der Waals surface area contributed by atoms with Crippen LogP contribution in [0.25, 0.3) is 23.3 Å². The van der Waals surface area contributed by atoms with E-state index in [2.05, 4.69) is 173 Å². The van der Waals surface area contributed by atoms with Gasteiger partial charge in [-0.05, 0) is 161 Å². The van der Waals surface area contributed by atoms with E-state index in [-0.39, 0.29) is 5.41 Å². The molecule has 0 fully saturated rings. The number of benzene rings is 2. The Hall–Kier alpha value is -5.66. The second kappa shape index (κ2) is 15.5. The average Bonchev–Trinajstić information content (AvgIpc) is 3.38. The van der Waals surface area contributed by atoms with Crippen LogP contribution < -0.4 is 10.4 Å². The average molecular weight is 730 g/mol. The van der Waals surface area contributed by atoms with Gasteiger partial charge in [0.25, 0.3) is 0 Å². The molecular formula is C55H55N. The molecule has 8 rings (SSSR count). The van der Waals surface area contributed by atoms with Gasteiger partial charge in [-0.25, -0.2) is 0 Å². The highest BCUT2D eigenvalue weighted by molar-refractivity contribution is 5.95. The Morgan fingerprint density at radius 3 is 2.46 bits per heavy atom. The Balaban J connectivity index is 1.32. The van der Waals surface area contributed by atoms with Gasteiger partial charge in [-0.2, -0.15) is 0 Å². The molecule has 0 aliphatic heterocycles. The highest BCUT2D eigenvalue weighted by Crippen LogP contribution is 2.61. The minimum absolute atomic E-state index is 0.387. The summed E-state index contributed by atoms with van der Waals surface area (Å²) in [5.74, 6) is 0.436. The smallest absolute Gasteiger partial charge is 0.0688 e. The minimum atomic E-state index is -0.387. The first kappa shape index (κ1) is 37.3. The van der Waals surface area contributed by atoms with E-state index >= 15 is 0 Å². The van der Waals surface area contributed by atoms with E-state index < -0.39 is 0 Å². The fourth-order valence-electron chi connectivity index (χ4n) is 10.2. The van der Waals surface area contributed by atoms with Crippen molar-refractivity contribution in [3.8, 4) is 11.1 Å². The maximum atomic E-state index is 4.72. The van der Waals surface area contributed by atoms with Gasteiger partial charge in [-0.1, -0.05) is 148 Å². The third kappa shape index (κ3) is 6.09. The third-order valence-electron chi connectivity index (χ3n) is 12.5. The summed E-state index contributed by atoms with van der Waals surface area (Å²) in [4.78, 5) is 2.39. The molecule has 0 aromatic heterocycles. The molecule has 0 N–H and O–H groups in total. The van der Waals surface area contributed by atoms with Crippen LogP contribution in [-0.2, 0) is 5.41 Å². The fourth-order valence-corrected chi connectivity index (χ4v) is 10.2. The summed E-state index contributed by atoms with van der Waals surface area (Å²) >= 11 is 0. The molecule has 0 amide bonds. The zero-order chi connectivity index (χ0) is 39.0. The second-order valence-electron chi connectivity index (χ2n) is 16.1. The van der Waals surface area contributed by atoms with Gasteiger partial charge in [-0.3, -0.25) is 0 Å². The first-order valence-corrected chi connectivity index (χ1v) is 20.6. The lowest BCUT2D eigenvalue weighted by atomic mass is 9.59. The number of hydrogen-bond acceptors (Lipinski definition) is 1. The lowest BCUT2D eigenvalue weighted by Gasteiger charge is -2.42. The molecule has 0 heterocycles. The summed E-state index contributed by atoms with van der Waals surface area (Å²) in [6, 6.07) is 15.8. The van der Waals surface area contributed by atoms with Gasteiger partial charge in [0.15, 0.2) is 0 Å². The summed E-state index contributed by atoms with van der Waals surface area (Å²) in [5.41, 5.74) is 19.3. The Bertz CT molecular complexity index is 2530. The standard InChI is InChI=1S/C55H55N/c1-8-20-38(5)53(10-3)56(40(7)41-23-12-11-13-24-41)44-33-32-43(34-37(4)35-44)42-25-19-31-51-48(36-42)46-27-15-17-30-50(46)55(51)49-29-16-14-26-45(49)47-28-18-22-39(6)54(47)52(55)21-9-2/h8-12,14-16,18-23,26-29,31-33,36-37H,3,6-7,13,17,24-25,30,34-35H2,1-2,4-5H3/b20-8-,21-9-,53-38+. The molecular weight excluding hydrogens is 675 g/mol. The fraction of sp³-hybridized carbons (Fsp3) is 0.236. The number of fused-ring (bicyclic) bond motifs is 7. The van der Waals surface area contributed by atoms with Crippen LogP contribution in [-0.4, -0.2) is 4.90 Å². The number of allylic oxidation sites excluding steroid dienone is 24. The van der Waals surface area contributed by atoms with Gasteiger partial charge >= 0.3 is 0 Å². The number of hydrogen-bond donors (Lipinski definition) is 0. The summed E-state index contributed by atoms with van der Waals surface area (Å²) in [6.07, 6.45) is 41.6. The van der Waals surface area contributed by atoms with Crippen LogP contribution >= 0.6 is 0 Å². The number of rotatable bonds is 8. The topological polar surface area (TPSA) is 3.24 Å². The molecule has 0 bridgehead atoms. The molecule has 6 aliphatic carbocycles. The van der Waals surface area contributed by atoms with Crippen molar-refractivity contribution >= 4 is 12.2 Å². The van der Waals surface area contributed by atoms with Gasteiger partial charge in [0.2, 0.25) is 0 Å². The summed E-state index contributed by atoms with van der Waals surface area (Å²) in [7, 11) is 0. The van der Waals surface area contributed by atoms with E-state index in [1.807, 2.05) is 6.08 Å². The summed E-state index contributed by atoms with van der Waals surface area (Å²) in [5, 5.41) is 2.37. The van der Waals surface area contributed by atoms with Crippen molar-refractivity contribution < 1.29 is 0 Å². The van der Waals surface area contributed by atoms with E-state index in [0.29, 0.717) is 5.92 Å². The Morgan fingerprint density at radius 2 is 1.68 bits per heavy atom. The van der Waals surface area contributed by atoms with Crippen molar-refractivity contribution in [2.75, 3.05) is 0 Å². The van der Waals surface area contributed by atoms with E-state index in [4.69, 9.17) is 6.58 Å². The van der Waals surface area contributed by atoms with Crippen LogP contribution in [0.15, 0.2) is 208 Å². The van der Waals surface area contributed by atoms with E-state index in [1.54, 1.807) is 0 Å². The van der Waals surface area contributed by atoms with Crippen molar-refractivity contribution in [2.45, 2.75) is 78.1 Å². The Labute approximate surface area is 335 Å². The Morgan fingerprint density at radius 1 is 0.857 bits per heavy atom. The molecule has 0 radical (unpaired) electrons. The summed E-state index contributed by atoms with van der Waals surface area (Å²) < 4.78 is 0. The lowest BCUT2D eigenvalue weighted by molar-refractivity contribution is 0.463. The van der Waals surface area contributed by atoms with E-state index in [0.717, 1.165) is 61.6 Å². The van der Waals surface area contributed by atoms with Gasteiger partial charge in [-0.15, -0.1) is 0 Å². The van der Waals surface area contributed by atoms with Crippen LogP contribution in [0.5, 0.6) is 0 Å². The molecule has 0 saturated heterocycles. The van der Waals surface area contributed by atoms with Crippen molar-refractivity contribution in [3.63, 3.8) is 0 Å². The van der Waals surface area contributed by atoms with Gasteiger partial charge in [0.1, 0.15) is 0 Å². The van der Waals surface area contributed by atoms with E-state index in [9.17, 15) is 0 Å². The predicted molar refractivity (Wildman–Crippen MR) is 241 cm³/mol. The first-order valence-electron chi connectivity index (χ1n) is 20.6. The van der Waals surface area contributed by atoms with Crippen molar-refractivity contribution in [2.24, 2.45) is 5.92 Å². The largest absolute Gasteiger partial charge is 0.314 e. The summed E-state index contributed by atoms with van der Waals surface area (Å²) in [6.45, 7) is 22.5. The minimum Gasteiger partial charge on any atom is -0.314 e. The van der Waals surface area contributed by atoms with E-state index in [1.165, 1.54) is 77.8 Å². The van der Waals surface area contributed by atoms with Crippen LogP contribution in [0.3, 0.4) is 0 Å². The molecule has 0 saturated carbocycles. The number of nitrogens with zero attached hydrogens (tertiary/aromatic N) is 1. The normalized spacial score (nSPS) is 23.1. The molecule has 6 aliphatic rings. The van der Waals surface area contributed by atoms with Crippen LogP contribution in [0.2, 0.25) is 0 Å². The zero-order valence-electron chi connectivity index (χ0n) is 33.8. The Kier molecular flexibility index (Phi) is 10.3. The van der Waals surface area contributed by atoms with Gasteiger partial charge < -0.3 is 4.90 Å². The van der Waals surface area contributed by atoms with Crippen LogP contribution in [0, 0.1) is 5.92 Å². The first-order chi connectivity index (χ1) is 27.3.